The summed E-state index contributed by atoms with van der Waals surface area (Å²) in [5.74, 6) is 0.850. The van der Waals surface area contributed by atoms with Crippen LogP contribution in [0.25, 0.3) is 0 Å². The third kappa shape index (κ3) is 5.49. The third-order valence-electron chi connectivity index (χ3n) is 2.95. The van der Waals surface area contributed by atoms with E-state index in [9.17, 15) is 0 Å². The van der Waals surface area contributed by atoms with E-state index in [1.165, 1.54) is 5.56 Å². The Hall–Kier alpha value is -1.37. The number of hydrogen-bond donors (Lipinski definition) is 1. The van der Waals surface area contributed by atoms with Crippen molar-refractivity contribution >= 4 is 15.9 Å². The minimum Gasteiger partial charge on any atom is -0.490 e. The standard InChI is InChI=1S/C15H20BrN3O2/c1-20-9-6-17-12-13-3-4-15(14(16)11-13)21-10-8-19-7-2-5-18-19/h2-5,7,11,17H,6,8-10,12H2,1H3. The zero-order valence-electron chi connectivity index (χ0n) is 12.1. The van der Waals surface area contributed by atoms with E-state index in [1.54, 1.807) is 13.3 Å². The van der Waals surface area contributed by atoms with Gasteiger partial charge >= 0.3 is 0 Å². The number of ether oxygens (including phenoxy) is 2. The molecule has 5 nitrogen and oxygen atoms in total. The molecule has 0 fully saturated rings. The van der Waals surface area contributed by atoms with Gasteiger partial charge in [0.25, 0.3) is 0 Å². The molecule has 0 aliphatic heterocycles. The summed E-state index contributed by atoms with van der Waals surface area (Å²) in [6, 6.07) is 8.03. The van der Waals surface area contributed by atoms with E-state index in [-0.39, 0.29) is 0 Å². The topological polar surface area (TPSA) is 48.3 Å². The molecule has 0 bridgehead atoms. The molecule has 114 valence electrons. The van der Waals surface area contributed by atoms with E-state index in [4.69, 9.17) is 9.47 Å². The summed E-state index contributed by atoms with van der Waals surface area (Å²) in [4.78, 5) is 0. The fraction of sp³-hybridized carbons (Fsp3) is 0.400. The van der Waals surface area contributed by atoms with Crippen molar-refractivity contribution in [3.8, 4) is 5.75 Å². The summed E-state index contributed by atoms with van der Waals surface area (Å²) in [5.41, 5.74) is 1.21. The van der Waals surface area contributed by atoms with Crippen LogP contribution in [0.2, 0.25) is 0 Å². The van der Waals surface area contributed by atoms with E-state index in [1.807, 2.05) is 23.0 Å². The van der Waals surface area contributed by atoms with Crippen molar-refractivity contribution in [2.45, 2.75) is 13.1 Å². The Balaban J connectivity index is 1.78. The van der Waals surface area contributed by atoms with Gasteiger partial charge in [0.05, 0.1) is 17.6 Å². The van der Waals surface area contributed by atoms with Gasteiger partial charge in [0, 0.05) is 32.6 Å². The lowest BCUT2D eigenvalue weighted by molar-refractivity contribution is 0.199. The van der Waals surface area contributed by atoms with Crippen LogP contribution in [0.4, 0.5) is 0 Å². The molecule has 1 aromatic heterocycles. The van der Waals surface area contributed by atoms with Crippen LogP contribution >= 0.6 is 15.9 Å². The second-order valence-corrected chi connectivity index (χ2v) is 5.41. The average Bonchev–Trinajstić information content (AvgIpc) is 2.99. The molecule has 1 N–H and O–H groups in total. The predicted octanol–water partition coefficient (Wildman–Crippen LogP) is 2.46. The van der Waals surface area contributed by atoms with E-state index in [2.05, 4.69) is 38.5 Å². The van der Waals surface area contributed by atoms with E-state index in [0.29, 0.717) is 6.61 Å². The number of aromatic nitrogens is 2. The zero-order chi connectivity index (χ0) is 14.9. The fourth-order valence-corrected chi connectivity index (χ4v) is 2.40. The molecule has 0 spiro atoms. The minimum absolute atomic E-state index is 0.589. The Bertz CT molecular complexity index is 532. The molecule has 0 amide bonds. The first kappa shape index (κ1) is 16.0. The largest absolute Gasteiger partial charge is 0.490 e. The molecule has 0 aliphatic rings. The number of nitrogens with zero attached hydrogens (tertiary/aromatic N) is 2. The molecule has 0 atom stereocenters. The molecule has 1 heterocycles. The maximum absolute atomic E-state index is 5.76. The second-order valence-electron chi connectivity index (χ2n) is 4.55. The third-order valence-corrected chi connectivity index (χ3v) is 3.57. The molecule has 0 radical (unpaired) electrons. The Morgan fingerprint density at radius 2 is 2.24 bits per heavy atom. The number of methoxy groups -OCH3 is 1. The lowest BCUT2D eigenvalue weighted by Crippen LogP contribution is -2.18. The Kier molecular flexibility index (Phi) is 6.72. The van der Waals surface area contributed by atoms with E-state index < -0.39 is 0 Å². The minimum atomic E-state index is 0.589. The van der Waals surface area contributed by atoms with Crippen LogP contribution in [0, 0.1) is 0 Å². The monoisotopic (exact) mass is 353 g/mol. The molecule has 21 heavy (non-hydrogen) atoms. The first-order valence-corrected chi connectivity index (χ1v) is 7.67. The zero-order valence-corrected chi connectivity index (χ0v) is 13.7. The van der Waals surface area contributed by atoms with Crippen LogP contribution < -0.4 is 10.1 Å². The molecule has 2 aromatic rings. The van der Waals surface area contributed by atoms with Crippen molar-refractivity contribution in [2.24, 2.45) is 0 Å². The molecule has 6 heteroatoms. The summed E-state index contributed by atoms with van der Waals surface area (Å²) in [5, 5.41) is 7.45. The number of hydrogen-bond acceptors (Lipinski definition) is 4. The lowest BCUT2D eigenvalue weighted by atomic mass is 10.2. The number of benzene rings is 1. The quantitative estimate of drug-likeness (QED) is 0.703. The average molecular weight is 354 g/mol. The highest BCUT2D eigenvalue weighted by molar-refractivity contribution is 9.10. The van der Waals surface area contributed by atoms with Gasteiger partial charge in [-0.25, -0.2) is 0 Å². The summed E-state index contributed by atoms with van der Waals surface area (Å²) >= 11 is 3.55. The van der Waals surface area contributed by atoms with Crippen molar-refractivity contribution in [1.29, 1.82) is 0 Å². The van der Waals surface area contributed by atoms with Gasteiger partial charge in [0.1, 0.15) is 12.4 Å². The Labute approximate surface area is 133 Å². The predicted molar refractivity (Wildman–Crippen MR) is 85.4 cm³/mol. The van der Waals surface area contributed by atoms with Crippen molar-refractivity contribution < 1.29 is 9.47 Å². The molecule has 1 aromatic carbocycles. The molecule has 0 aliphatic carbocycles. The van der Waals surface area contributed by atoms with Crippen LogP contribution in [0.15, 0.2) is 41.1 Å². The summed E-state index contributed by atoms with van der Waals surface area (Å²) < 4.78 is 13.6. The number of halogens is 1. The van der Waals surface area contributed by atoms with Gasteiger partial charge in [-0.3, -0.25) is 4.68 Å². The number of rotatable bonds is 9. The fourth-order valence-electron chi connectivity index (χ4n) is 1.86. The van der Waals surface area contributed by atoms with E-state index >= 15 is 0 Å². The van der Waals surface area contributed by atoms with Crippen LogP contribution in [0.1, 0.15) is 5.56 Å². The van der Waals surface area contributed by atoms with Crippen molar-refractivity contribution in [3.63, 3.8) is 0 Å². The highest BCUT2D eigenvalue weighted by Crippen LogP contribution is 2.26. The first-order chi connectivity index (χ1) is 10.3. The van der Waals surface area contributed by atoms with Gasteiger partial charge in [0.15, 0.2) is 0 Å². The molecular formula is C15H20BrN3O2. The molecular weight excluding hydrogens is 334 g/mol. The van der Waals surface area contributed by atoms with Gasteiger partial charge in [-0.2, -0.15) is 5.10 Å². The highest BCUT2D eigenvalue weighted by atomic mass is 79.9. The Morgan fingerprint density at radius 1 is 1.33 bits per heavy atom. The first-order valence-electron chi connectivity index (χ1n) is 6.88. The van der Waals surface area contributed by atoms with Gasteiger partial charge in [0.2, 0.25) is 0 Å². The van der Waals surface area contributed by atoms with E-state index in [0.717, 1.165) is 36.5 Å². The van der Waals surface area contributed by atoms with Crippen LogP contribution in [-0.2, 0) is 17.8 Å². The maximum atomic E-state index is 5.76. The van der Waals surface area contributed by atoms with Gasteiger partial charge in [-0.1, -0.05) is 6.07 Å². The normalized spacial score (nSPS) is 10.8. The van der Waals surface area contributed by atoms with Gasteiger partial charge in [-0.15, -0.1) is 0 Å². The maximum Gasteiger partial charge on any atom is 0.133 e. The summed E-state index contributed by atoms with van der Waals surface area (Å²) in [6.07, 6.45) is 3.69. The highest BCUT2D eigenvalue weighted by Gasteiger charge is 2.03. The van der Waals surface area contributed by atoms with Gasteiger partial charge in [-0.05, 0) is 39.7 Å². The second kappa shape index (κ2) is 8.81. The van der Waals surface area contributed by atoms with Gasteiger partial charge < -0.3 is 14.8 Å². The molecule has 0 saturated heterocycles. The van der Waals surface area contributed by atoms with Crippen LogP contribution in [0.5, 0.6) is 5.75 Å². The van der Waals surface area contributed by atoms with Crippen molar-refractivity contribution in [1.82, 2.24) is 15.1 Å². The van der Waals surface area contributed by atoms with Crippen LogP contribution in [-0.4, -0.2) is 36.6 Å². The number of nitrogens with one attached hydrogen (secondary N) is 1. The molecule has 0 saturated carbocycles. The summed E-state index contributed by atoms with van der Waals surface area (Å²) in [6.45, 7) is 3.70. The Morgan fingerprint density at radius 3 is 2.95 bits per heavy atom. The van der Waals surface area contributed by atoms with Crippen molar-refractivity contribution in [3.05, 3.63) is 46.7 Å². The smallest absolute Gasteiger partial charge is 0.133 e. The SMILES string of the molecule is COCCNCc1ccc(OCCn2cccn2)c(Br)c1. The summed E-state index contributed by atoms with van der Waals surface area (Å²) in [7, 11) is 1.70. The molecule has 2 rings (SSSR count). The lowest BCUT2D eigenvalue weighted by Gasteiger charge is -2.10. The molecule has 0 unspecified atom stereocenters. The van der Waals surface area contributed by atoms with Crippen LogP contribution in [0.3, 0.4) is 0 Å². The van der Waals surface area contributed by atoms with Crippen molar-refractivity contribution in [2.75, 3.05) is 26.9 Å².